The fraction of sp³-hybridized carbons (Fsp3) is 0.643. The van der Waals surface area contributed by atoms with Gasteiger partial charge in [0.15, 0.2) is 0 Å². The number of aromatic nitrogens is 1. The molecule has 2 atom stereocenters. The Bertz CT molecular complexity index is 619. The van der Waals surface area contributed by atoms with E-state index in [0.717, 1.165) is 19.5 Å². The number of pyridine rings is 1. The van der Waals surface area contributed by atoms with Gasteiger partial charge in [0.2, 0.25) is 10.0 Å². The van der Waals surface area contributed by atoms with Crippen LogP contribution in [0.2, 0.25) is 0 Å². The van der Waals surface area contributed by atoms with Gasteiger partial charge in [-0.15, -0.1) is 0 Å². The Morgan fingerprint density at radius 2 is 2.14 bits per heavy atom. The maximum Gasteiger partial charge on any atom is 0.247 e. The number of rotatable bonds is 2. The molecule has 0 aromatic carbocycles. The second-order valence-corrected chi connectivity index (χ2v) is 7.81. The van der Waals surface area contributed by atoms with Gasteiger partial charge >= 0.3 is 0 Å². The third-order valence-corrected chi connectivity index (χ3v) is 6.54. The minimum absolute atomic E-state index is 0.0380. The molecule has 3 heterocycles. The average Bonchev–Trinajstić information content (AvgIpc) is 2.46. The molecule has 2 unspecified atom stereocenters. The van der Waals surface area contributed by atoms with Gasteiger partial charge in [0.1, 0.15) is 10.7 Å². The van der Waals surface area contributed by atoms with E-state index in [0.29, 0.717) is 12.6 Å². The Morgan fingerprint density at radius 3 is 2.90 bits per heavy atom. The number of nitrogen functional groups attached to an aromatic ring is 1. The molecular weight excluding hydrogens is 288 g/mol. The fourth-order valence-corrected chi connectivity index (χ4v) is 5.14. The van der Waals surface area contributed by atoms with Crippen molar-refractivity contribution in [1.82, 2.24) is 14.2 Å². The molecule has 0 saturated carbocycles. The fourth-order valence-electron chi connectivity index (χ4n) is 3.41. The van der Waals surface area contributed by atoms with E-state index in [2.05, 4.69) is 9.88 Å². The van der Waals surface area contributed by atoms with Gasteiger partial charge in [0.05, 0.1) is 0 Å². The third kappa shape index (κ3) is 2.65. The first-order valence-electron chi connectivity index (χ1n) is 7.46. The molecular formula is C14H22N4O2S. The van der Waals surface area contributed by atoms with Gasteiger partial charge in [0, 0.05) is 31.4 Å². The van der Waals surface area contributed by atoms with Crippen molar-refractivity contribution < 1.29 is 8.42 Å². The summed E-state index contributed by atoms with van der Waals surface area (Å²) < 4.78 is 27.4. The predicted octanol–water partition coefficient (Wildman–Crippen LogP) is 0.911. The van der Waals surface area contributed by atoms with E-state index in [9.17, 15) is 8.42 Å². The van der Waals surface area contributed by atoms with Crippen molar-refractivity contribution in [3.63, 3.8) is 0 Å². The molecule has 0 amide bonds. The number of fused-ring (bicyclic) bond motifs is 1. The number of nitrogens with two attached hydrogens (primary N) is 1. The molecule has 1 aromatic heterocycles. The van der Waals surface area contributed by atoms with E-state index >= 15 is 0 Å². The van der Waals surface area contributed by atoms with E-state index in [1.165, 1.54) is 25.1 Å². The van der Waals surface area contributed by atoms with Crippen molar-refractivity contribution in [3.05, 3.63) is 18.3 Å². The number of hydrogen-bond donors (Lipinski definition) is 1. The molecule has 3 rings (SSSR count). The lowest BCUT2D eigenvalue weighted by molar-refractivity contribution is 0.0564. The Kier molecular flexibility index (Phi) is 3.90. The van der Waals surface area contributed by atoms with Crippen molar-refractivity contribution in [3.8, 4) is 0 Å². The predicted molar refractivity (Wildman–Crippen MR) is 81.2 cm³/mol. The largest absolute Gasteiger partial charge is 0.383 e. The summed E-state index contributed by atoms with van der Waals surface area (Å²) in [5.41, 5.74) is 5.76. The number of sulfonamides is 1. The first-order chi connectivity index (χ1) is 10.00. The molecule has 0 bridgehead atoms. The summed E-state index contributed by atoms with van der Waals surface area (Å²) in [5.74, 6) is 0.0794. The maximum atomic E-state index is 12.9. The second-order valence-electron chi connectivity index (χ2n) is 5.96. The first-order valence-corrected chi connectivity index (χ1v) is 8.90. The zero-order chi connectivity index (χ0) is 15.0. The third-order valence-electron chi connectivity index (χ3n) is 4.52. The highest BCUT2D eigenvalue weighted by Crippen LogP contribution is 2.29. The minimum Gasteiger partial charge on any atom is -0.383 e. The molecule has 2 fully saturated rings. The van der Waals surface area contributed by atoms with Crippen molar-refractivity contribution in [2.75, 3.05) is 25.4 Å². The zero-order valence-corrected chi connectivity index (χ0v) is 13.1. The lowest BCUT2D eigenvalue weighted by Gasteiger charge is -2.46. The van der Waals surface area contributed by atoms with Gasteiger partial charge in [-0.2, -0.15) is 4.31 Å². The number of piperidine rings is 1. The number of piperazine rings is 1. The minimum atomic E-state index is -3.57. The smallest absolute Gasteiger partial charge is 0.247 e. The number of nitrogens with zero attached hydrogens (tertiary/aromatic N) is 3. The molecule has 21 heavy (non-hydrogen) atoms. The van der Waals surface area contributed by atoms with Gasteiger partial charge < -0.3 is 5.73 Å². The molecule has 0 spiro atoms. The van der Waals surface area contributed by atoms with Crippen molar-refractivity contribution in [2.45, 2.75) is 43.2 Å². The van der Waals surface area contributed by atoms with Gasteiger partial charge in [0.25, 0.3) is 0 Å². The molecule has 1 aromatic rings. The lowest BCUT2D eigenvalue weighted by atomic mass is 9.99. The van der Waals surface area contributed by atoms with Crippen LogP contribution in [-0.2, 0) is 10.0 Å². The van der Waals surface area contributed by atoms with Gasteiger partial charge in [-0.1, -0.05) is 6.42 Å². The van der Waals surface area contributed by atoms with Crippen molar-refractivity contribution in [1.29, 1.82) is 0 Å². The molecule has 2 aliphatic rings. The molecule has 116 valence electrons. The average molecular weight is 310 g/mol. The molecule has 2 aliphatic heterocycles. The Balaban J connectivity index is 1.90. The monoisotopic (exact) mass is 310 g/mol. The summed E-state index contributed by atoms with van der Waals surface area (Å²) in [5, 5.41) is 0. The van der Waals surface area contributed by atoms with Gasteiger partial charge in [-0.25, -0.2) is 13.4 Å². The molecule has 0 aliphatic carbocycles. The van der Waals surface area contributed by atoms with Crippen LogP contribution in [0.3, 0.4) is 0 Å². The number of hydrogen-bond acceptors (Lipinski definition) is 5. The molecule has 0 radical (unpaired) electrons. The topological polar surface area (TPSA) is 79.5 Å². The van der Waals surface area contributed by atoms with Crippen LogP contribution in [0.4, 0.5) is 5.82 Å². The van der Waals surface area contributed by atoms with Crippen LogP contribution in [0, 0.1) is 0 Å². The van der Waals surface area contributed by atoms with E-state index in [4.69, 9.17) is 5.73 Å². The van der Waals surface area contributed by atoms with Crippen molar-refractivity contribution in [2.24, 2.45) is 0 Å². The van der Waals surface area contributed by atoms with Crippen LogP contribution >= 0.6 is 0 Å². The van der Waals surface area contributed by atoms with Crippen LogP contribution in [0.15, 0.2) is 23.2 Å². The Morgan fingerprint density at radius 1 is 1.33 bits per heavy atom. The van der Waals surface area contributed by atoms with E-state index < -0.39 is 10.0 Å². The normalized spacial score (nSPS) is 28.2. The highest BCUT2D eigenvalue weighted by molar-refractivity contribution is 7.89. The first kappa shape index (κ1) is 14.7. The molecule has 2 N–H and O–H groups in total. The quantitative estimate of drug-likeness (QED) is 0.878. The van der Waals surface area contributed by atoms with Crippen LogP contribution in [0.5, 0.6) is 0 Å². The SMILES string of the molecule is CC1CN2CCCCC2CN1S(=O)(=O)c1cccnc1N. The van der Waals surface area contributed by atoms with E-state index in [1.54, 1.807) is 10.4 Å². The van der Waals surface area contributed by atoms with Crippen LogP contribution in [-0.4, -0.2) is 54.3 Å². The summed E-state index contributed by atoms with van der Waals surface area (Å²) in [6.45, 7) is 4.40. The van der Waals surface area contributed by atoms with E-state index in [-0.39, 0.29) is 16.8 Å². The summed E-state index contributed by atoms with van der Waals surface area (Å²) in [4.78, 5) is 6.46. The maximum absolute atomic E-state index is 12.9. The van der Waals surface area contributed by atoms with Gasteiger partial charge in [-0.05, 0) is 38.4 Å². The van der Waals surface area contributed by atoms with Crippen LogP contribution in [0.1, 0.15) is 26.2 Å². The molecule has 2 saturated heterocycles. The summed E-state index contributed by atoms with van der Waals surface area (Å²) >= 11 is 0. The standard InChI is InChI=1S/C14H22N4O2S/c1-11-9-17-8-3-2-5-12(17)10-18(11)21(19,20)13-6-4-7-16-14(13)15/h4,6-7,11-12H,2-3,5,8-10H2,1H3,(H2,15,16). The Labute approximate surface area is 126 Å². The summed E-state index contributed by atoms with van der Waals surface area (Å²) in [6.07, 6.45) is 4.97. The molecule has 7 heteroatoms. The highest BCUT2D eigenvalue weighted by atomic mass is 32.2. The van der Waals surface area contributed by atoms with Gasteiger partial charge in [-0.3, -0.25) is 4.90 Å². The Hall–Kier alpha value is -1.18. The summed E-state index contributed by atoms with van der Waals surface area (Å²) in [7, 11) is -3.57. The van der Waals surface area contributed by atoms with Crippen LogP contribution < -0.4 is 5.73 Å². The summed E-state index contributed by atoms with van der Waals surface area (Å²) in [6, 6.07) is 3.45. The highest BCUT2D eigenvalue weighted by Gasteiger charge is 2.39. The van der Waals surface area contributed by atoms with Crippen LogP contribution in [0.25, 0.3) is 0 Å². The van der Waals surface area contributed by atoms with Crippen molar-refractivity contribution >= 4 is 15.8 Å². The lowest BCUT2D eigenvalue weighted by Crippen LogP contribution is -2.59. The second kappa shape index (κ2) is 5.55. The zero-order valence-electron chi connectivity index (χ0n) is 12.3. The molecule has 6 nitrogen and oxygen atoms in total. The number of anilines is 1. The van der Waals surface area contributed by atoms with E-state index in [1.807, 2.05) is 6.92 Å².